The molecular weight excluding hydrogens is 518 g/mol. The van der Waals surface area contributed by atoms with Gasteiger partial charge < -0.3 is 25.4 Å². The Morgan fingerprint density at radius 3 is 2.29 bits per heavy atom. The predicted octanol–water partition coefficient (Wildman–Crippen LogP) is 3.26. The molecule has 2 unspecified atom stereocenters. The van der Waals surface area contributed by atoms with E-state index in [0.717, 1.165) is 12.0 Å². The minimum absolute atomic E-state index is 0.0438. The van der Waals surface area contributed by atoms with Crippen LogP contribution in [0.15, 0.2) is 66.7 Å². The summed E-state index contributed by atoms with van der Waals surface area (Å²) in [5.41, 5.74) is 3.06. The molecule has 2 aliphatic rings. The number of nitrogens with one attached hydrogen (secondary N) is 3. The van der Waals surface area contributed by atoms with Crippen molar-refractivity contribution in [3.8, 4) is 11.4 Å². The van der Waals surface area contributed by atoms with Gasteiger partial charge in [0.2, 0.25) is 11.8 Å². The second-order valence-electron chi connectivity index (χ2n) is 10.6. The molecule has 1 aliphatic heterocycles. The molecule has 1 saturated carbocycles. The summed E-state index contributed by atoms with van der Waals surface area (Å²) in [7, 11) is 0. The van der Waals surface area contributed by atoms with E-state index in [9.17, 15) is 14.4 Å². The summed E-state index contributed by atoms with van der Waals surface area (Å²) in [6, 6.07) is 21.6. The molecule has 1 aliphatic carbocycles. The van der Waals surface area contributed by atoms with Crippen molar-refractivity contribution in [2.24, 2.45) is 5.92 Å². The first-order valence-electron chi connectivity index (χ1n) is 14.1. The topological polar surface area (TPSA) is 123 Å². The number of rotatable bonds is 8. The van der Waals surface area contributed by atoms with E-state index in [-0.39, 0.29) is 23.6 Å². The molecule has 10 heteroatoms. The lowest BCUT2D eigenvalue weighted by Gasteiger charge is -2.34. The van der Waals surface area contributed by atoms with E-state index in [2.05, 4.69) is 27.8 Å². The number of H-pyrrole nitrogens is 1. The molecule has 3 N–H and O–H groups in total. The summed E-state index contributed by atoms with van der Waals surface area (Å²) >= 11 is 0. The van der Waals surface area contributed by atoms with Crippen LogP contribution < -0.4 is 10.6 Å². The quantitative estimate of drug-likeness (QED) is 0.289. The summed E-state index contributed by atoms with van der Waals surface area (Å²) in [6.07, 6.45) is 0.893. The van der Waals surface area contributed by atoms with Crippen LogP contribution in [0.25, 0.3) is 22.4 Å². The number of hydrogen-bond acceptors (Lipinski definition) is 6. The SMILES string of the molecule is CC(=O)NCCNc1nc(-c2ccccc2)nc2[nH]c(C(=O)N3CCN(C(=O)C4CC4c4ccccc4)CC3)cc12. The van der Waals surface area contributed by atoms with E-state index in [0.29, 0.717) is 73.6 Å². The fraction of sp³-hybridized carbons (Fsp3) is 0.323. The zero-order chi connectivity index (χ0) is 28.3. The van der Waals surface area contributed by atoms with Crippen molar-refractivity contribution in [1.29, 1.82) is 0 Å². The number of carbonyl (C=O) groups excluding carboxylic acids is 3. The number of amides is 3. The van der Waals surface area contributed by atoms with Gasteiger partial charge in [0.25, 0.3) is 5.91 Å². The molecule has 2 aromatic carbocycles. The average molecular weight is 552 g/mol. The molecular formula is C31H33N7O3. The van der Waals surface area contributed by atoms with Crippen LogP contribution in [0.3, 0.4) is 0 Å². The molecule has 210 valence electrons. The van der Waals surface area contributed by atoms with Gasteiger partial charge in [-0.3, -0.25) is 14.4 Å². The van der Waals surface area contributed by atoms with Crippen LogP contribution in [-0.2, 0) is 9.59 Å². The molecule has 0 radical (unpaired) electrons. The number of anilines is 1. The molecule has 41 heavy (non-hydrogen) atoms. The fourth-order valence-corrected chi connectivity index (χ4v) is 5.47. The van der Waals surface area contributed by atoms with Gasteiger partial charge in [0, 0.05) is 57.7 Å². The minimum atomic E-state index is -0.130. The maximum Gasteiger partial charge on any atom is 0.270 e. The second-order valence-corrected chi connectivity index (χ2v) is 10.6. The van der Waals surface area contributed by atoms with Crippen LogP contribution in [-0.4, -0.2) is 81.7 Å². The van der Waals surface area contributed by atoms with Gasteiger partial charge in [0.15, 0.2) is 5.82 Å². The van der Waals surface area contributed by atoms with E-state index in [1.807, 2.05) is 53.4 Å². The molecule has 6 rings (SSSR count). The Labute approximate surface area is 238 Å². The Bertz CT molecular complexity index is 1560. The van der Waals surface area contributed by atoms with Crippen LogP contribution in [0.2, 0.25) is 0 Å². The summed E-state index contributed by atoms with van der Waals surface area (Å²) in [5, 5.41) is 6.75. The number of benzene rings is 2. The summed E-state index contributed by atoms with van der Waals surface area (Å²) in [5.74, 6) is 1.42. The number of hydrogen-bond donors (Lipinski definition) is 3. The third-order valence-corrected chi connectivity index (χ3v) is 7.76. The molecule has 10 nitrogen and oxygen atoms in total. The standard InChI is InChI=1S/C31H33N7O3/c1-20(39)32-12-13-33-28-25-19-26(34-29(25)36-27(35-28)22-10-6-3-7-11-22)31(41)38-16-14-37(15-17-38)30(40)24-18-23(24)21-8-4-2-5-9-21/h2-11,19,23-24H,12-18H2,1H3,(H,32,39)(H2,33,34,35,36). The van der Waals surface area contributed by atoms with E-state index < -0.39 is 0 Å². The van der Waals surface area contributed by atoms with Crippen molar-refractivity contribution >= 4 is 34.6 Å². The normalized spacial score (nSPS) is 18.3. The lowest BCUT2D eigenvalue weighted by molar-refractivity contribution is -0.134. The lowest BCUT2D eigenvalue weighted by Crippen LogP contribution is -2.51. The van der Waals surface area contributed by atoms with Crippen molar-refractivity contribution < 1.29 is 14.4 Å². The van der Waals surface area contributed by atoms with E-state index in [4.69, 9.17) is 9.97 Å². The molecule has 2 atom stereocenters. The second kappa shape index (κ2) is 11.4. The van der Waals surface area contributed by atoms with Gasteiger partial charge in [-0.25, -0.2) is 9.97 Å². The molecule has 4 aromatic rings. The maximum absolute atomic E-state index is 13.5. The first-order valence-corrected chi connectivity index (χ1v) is 14.1. The summed E-state index contributed by atoms with van der Waals surface area (Å²) in [4.78, 5) is 54.2. The van der Waals surface area contributed by atoms with Crippen LogP contribution in [0, 0.1) is 5.92 Å². The first kappa shape index (κ1) is 26.5. The van der Waals surface area contributed by atoms with Gasteiger partial charge in [0.1, 0.15) is 17.2 Å². The van der Waals surface area contributed by atoms with Gasteiger partial charge in [-0.2, -0.15) is 0 Å². The Hall–Kier alpha value is -4.73. The highest BCUT2D eigenvalue weighted by molar-refractivity contribution is 6.00. The maximum atomic E-state index is 13.5. The lowest BCUT2D eigenvalue weighted by atomic mass is 10.1. The smallest absolute Gasteiger partial charge is 0.270 e. The van der Waals surface area contributed by atoms with Crippen LogP contribution in [0.5, 0.6) is 0 Å². The molecule has 1 saturated heterocycles. The van der Waals surface area contributed by atoms with Crippen molar-refractivity contribution in [1.82, 2.24) is 30.1 Å². The highest BCUT2D eigenvalue weighted by atomic mass is 16.2. The molecule has 2 aromatic heterocycles. The minimum Gasteiger partial charge on any atom is -0.368 e. The Balaban J connectivity index is 1.15. The number of fused-ring (bicyclic) bond motifs is 1. The number of piperazine rings is 1. The van der Waals surface area contributed by atoms with Crippen molar-refractivity contribution in [2.45, 2.75) is 19.3 Å². The number of aromatic amines is 1. The predicted molar refractivity (Wildman–Crippen MR) is 156 cm³/mol. The third-order valence-electron chi connectivity index (χ3n) is 7.76. The molecule has 2 fully saturated rings. The Morgan fingerprint density at radius 2 is 1.59 bits per heavy atom. The van der Waals surface area contributed by atoms with Gasteiger partial charge in [0.05, 0.1) is 5.39 Å². The first-order chi connectivity index (χ1) is 20.0. The van der Waals surface area contributed by atoms with Crippen molar-refractivity contribution in [3.63, 3.8) is 0 Å². The zero-order valence-electron chi connectivity index (χ0n) is 23.0. The van der Waals surface area contributed by atoms with Gasteiger partial charge in [-0.15, -0.1) is 0 Å². The molecule has 0 spiro atoms. The van der Waals surface area contributed by atoms with Crippen LogP contribution in [0.4, 0.5) is 5.82 Å². The highest BCUT2D eigenvalue weighted by Gasteiger charge is 2.46. The number of nitrogens with zero attached hydrogens (tertiary/aromatic N) is 4. The fourth-order valence-electron chi connectivity index (χ4n) is 5.47. The van der Waals surface area contributed by atoms with Crippen LogP contribution >= 0.6 is 0 Å². The van der Waals surface area contributed by atoms with Crippen LogP contribution in [0.1, 0.15) is 35.3 Å². The molecule has 3 heterocycles. The molecule has 0 bridgehead atoms. The highest BCUT2D eigenvalue weighted by Crippen LogP contribution is 2.48. The Morgan fingerprint density at radius 1 is 0.902 bits per heavy atom. The van der Waals surface area contributed by atoms with Gasteiger partial charge in [-0.1, -0.05) is 60.7 Å². The summed E-state index contributed by atoms with van der Waals surface area (Å²) in [6.45, 7) is 4.39. The van der Waals surface area contributed by atoms with Gasteiger partial charge >= 0.3 is 0 Å². The van der Waals surface area contributed by atoms with E-state index in [1.165, 1.54) is 12.5 Å². The Kier molecular flexibility index (Phi) is 7.37. The monoisotopic (exact) mass is 551 g/mol. The number of aromatic nitrogens is 3. The van der Waals surface area contributed by atoms with Gasteiger partial charge in [-0.05, 0) is 24.0 Å². The largest absolute Gasteiger partial charge is 0.368 e. The van der Waals surface area contributed by atoms with Crippen molar-refractivity contribution in [3.05, 3.63) is 78.0 Å². The average Bonchev–Trinajstić information content (AvgIpc) is 3.70. The summed E-state index contributed by atoms with van der Waals surface area (Å²) < 4.78 is 0. The van der Waals surface area contributed by atoms with E-state index >= 15 is 0 Å². The third kappa shape index (κ3) is 5.77. The molecule has 3 amide bonds. The van der Waals surface area contributed by atoms with E-state index in [1.54, 1.807) is 11.0 Å². The van der Waals surface area contributed by atoms with Crippen molar-refractivity contribution in [2.75, 3.05) is 44.6 Å². The number of carbonyl (C=O) groups is 3. The zero-order valence-corrected chi connectivity index (χ0v) is 23.0.